The van der Waals surface area contributed by atoms with Crippen molar-refractivity contribution in [2.24, 2.45) is 5.92 Å². The number of nitrogen functional groups attached to an aromatic ring is 1. The lowest BCUT2D eigenvalue weighted by molar-refractivity contribution is 0.0574. The number of piperidine rings is 1. The molecule has 4 nitrogen and oxygen atoms in total. The van der Waals surface area contributed by atoms with Crippen LogP contribution in [0.2, 0.25) is 0 Å². The van der Waals surface area contributed by atoms with Gasteiger partial charge in [0.25, 0.3) is 5.91 Å². The fourth-order valence-electron chi connectivity index (χ4n) is 2.49. The van der Waals surface area contributed by atoms with Crippen LogP contribution in [0.5, 0.6) is 0 Å². The number of aromatic nitrogens is 1. The summed E-state index contributed by atoms with van der Waals surface area (Å²) in [6.45, 7) is 6.97. The summed E-state index contributed by atoms with van der Waals surface area (Å²) in [4.78, 5) is 18.6. The van der Waals surface area contributed by atoms with Crippen LogP contribution in [-0.2, 0) is 0 Å². The molecule has 0 spiro atoms. The molecule has 0 aliphatic carbocycles. The van der Waals surface area contributed by atoms with E-state index in [1.54, 1.807) is 12.3 Å². The quantitative estimate of drug-likeness (QED) is 0.828. The summed E-state index contributed by atoms with van der Waals surface area (Å²) in [7, 11) is 0. The van der Waals surface area contributed by atoms with Gasteiger partial charge in [0.15, 0.2) is 0 Å². The number of nitrogens with zero attached hydrogens (tertiary/aromatic N) is 2. The van der Waals surface area contributed by atoms with Crippen LogP contribution in [0.25, 0.3) is 0 Å². The van der Waals surface area contributed by atoms with E-state index in [2.05, 4.69) is 18.8 Å². The van der Waals surface area contributed by atoms with Gasteiger partial charge in [0, 0.05) is 30.2 Å². The molecular weight excluding hydrogens is 226 g/mol. The number of hydrogen-bond acceptors (Lipinski definition) is 3. The normalized spacial score (nSPS) is 24.1. The highest BCUT2D eigenvalue weighted by atomic mass is 16.2. The number of nitrogens with two attached hydrogens (primary N) is 1. The molecule has 1 fully saturated rings. The van der Waals surface area contributed by atoms with Crippen molar-refractivity contribution >= 4 is 11.6 Å². The van der Waals surface area contributed by atoms with E-state index in [-0.39, 0.29) is 11.9 Å². The molecule has 0 aromatic carbocycles. The van der Waals surface area contributed by atoms with Crippen LogP contribution in [0.3, 0.4) is 0 Å². The monoisotopic (exact) mass is 247 g/mol. The van der Waals surface area contributed by atoms with Crippen LogP contribution < -0.4 is 5.73 Å². The zero-order valence-electron chi connectivity index (χ0n) is 11.3. The molecule has 18 heavy (non-hydrogen) atoms. The van der Waals surface area contributed by atoms with E-state index in [1.807, 2.05) is 11.8 Å². The number of carbonyl (C=O) groups is 1. The number of carbonyl (C=O) groups excluding carboxylic acids is 1. The molecule has 1 saturated heterocycles. The maximum Gasteiger partial charge on any atom is 0.257 e. The van der Waals surface area contributed by atoms with Crippen LogP contribution in [0, 0.1) is 12.8 Å². The van der Waals surface area contributed by atoms with Crippen molar-refractivity contribution in [1.82, 2.24) is 9.88 Å². The molecule has 2 heterocycles. The Kier molecular flexibility index (Phi) is 3.55. The Morgan fingerprint density at radius 1 is 1.44 bits per heavy atom. The lowest BCUT2D eigenvalue weighted by atomic mass is 9.94. The molecule has 0 radical (unpaired) electrons. The van der Waals surface area contributed by atoms with E-state index in [0.717, 1.165) is 18.7 Å². The second kappa shape index (κ2) is 4.96. The number of rotatable bonds is 1. The first-order valence-corrected chi connectivity index (χ1v) is 6.52. The van der Waals surface area contributed by atoms with Gasteiger partial charge in [-0.25, -0.2) is 0 Å². The SMILES string of the molecule is Cc1cc(N)c(C(=O)N2CC(C)CCC2C)cn1. The molecule has 0 saturated carbocycles. The molecule has 1 aromatic heterocycles. The first-order valence-electron chi connectivity index (χ1n) is 6.52. The fraction of sp³-hybridized carbons (Fsp3) is 0.571. The van der Waals surface area contributed by atoms with Gasteiger partial charge >= 0.3 is 0 Å². The second-order valence-corrected chi connectivity index (χ2v) is 5.40. The van der Waals surface area contributed by atoms with Gasteiger partial charge in [-0.05, 0) is 38.7 Å². The van der Waals surface area contributed by atoms with Gasteiger partial charge in [-0.1, -0.05) is 6.92 Å². The Morgan fingerprint density at radius 2 is 2.17 bits per heavy atom. The molecule has 0 bridgehead atoms. The van der Waals surface area contributed by atoms with E-state index in [0.29, 0.717) is 17.2 Å². The summed E-state index contributed by atoms with van der Waals surface area (Å²) in [6, 6.07) is 2.04. The largest absolute Gasteiger partial charge is 0.398 e. The summed E-state index contributed by atoms with van der Waals surface area (Å²) in [5.41, 5.74) is 7.81. The van der Waals surface area contributed by atoms with Crippen molar-refractivity contribution in [1.29, 1.82) is 0 Å². The smallest absolute Gasteiger partial charge is 0.257 e. The van der Waals surface area contributed by atoms with Crippen LogP contribution in [0.4, 0.5) is 5.69 Å². The van der Waals surface area contributed by atoms with E-state index in [4.69, 9.17) is 5.73 Å². The van der Waals surface area contributed by atoms with Gasteiger partial charge in [-0.15, -0.1) is 0 Å². The number of aryl methyl sites for hydroxylation is 1. The van der Waals surface area contributed by atoms with Crippen molar-refractivity contribution in [2.75, 3.05) is 12.3 Å². The van der Waals surface area contributed by atoms with Crippen molar-refractivity contribution < 1.29 is 4.79 Å². The summed E-state index contributed by atoms with van der Waals surface area (Å²) >= 11 is 0. The summed E-state index contributed by atoms with van der Waals surface area (Å²) in [5.74, 6) is 0.573. The number of likely N-dealkylation sites (tertiary alicyclic amines) is 1. The highest BCUT2D eigenvalue weighted by Crippen LogP contribution is 2.24. The highest BCUT2D eigenvalue weighted by Gasteiger charge is 2.28. The van der Waals surface area contributed by atoms with E-state index < -0.39 is 0 Å². The first kappa shape index (κ1) is 12.9. The van der Waals surface area contributed by atoms with Crippen LogP contribution in [-0.4, -0.2) is 28.4 Å². The lowest BCUT2D eigenvalue weighted by Crippen LogP contribution is -2.45. The molecule has 2 atom stereocenters. The van der Waals surface area contributed by atoms with Crippen molar-refractivity contribution in [3.8, 4) is 0 Å². The first-order chi connectivity index (χ1) is 8.49. The Morgan fingerprint density at radius 3 is 2.83 bits per heavy atom. The maximum atomic E-state index is 12.5. The third-order valence-corrected chi connectivity index (χ3v) is 3.68. The molecule has 2 unspecified atom stereocenters. The molecule has 4 heteroatoms. The minimum absolute atomic E-state index is 0.0130. The highest BCUT2D eigenvalue weighted by molar-refractivity contribution is 5.99. The number of pyridine rings is 1. The summed E-state index contributed by atoms with van der Waals surface area (Å²) in [5, 5.41) is 0. The molecule has 2 N–H and O–H groups in total. The third-order valence-electron chi connectivity index (χ3n) is 3.68. The second-order valence-electron chi connectivity index (χ2n) is 5.40. The van der Waals surface area contributed by atoms with Gasteiger partial charge in [0.05, 0.1) is 5.56 Å². The lowest BCUT2D eigenvalue weighted by Gasteiger charge is -2.37. The Balaban J connectivity index is 2.24. The zero-order valence-corrected chi connectivity index (χ0v) is 11.3. The Bertz CT molecular complexity index is 458. The van der Waals surface area contributed by atoms with Crippen molar-refractivity contribution in [3.05, 3.63) is 23.5 Å². The topological polar surface area (TPSA) is 59.2 Å². The Labute approximate surface area is 108 Å². The van der Waals surface area contributed by atoms with Crippen molar-refractivity contribution in [3.63, 3.8) is 0 Å². The average molecular weight is 247 g/mol. The van der Waals surface area contributed by atoms with Gasteiger partial charge in [0.1, 0.15) is 0 Å². The van der Waals surface area contributed by atoms with Crippen LogP contribution in [0.1, 0.15) is 42.7 Å². The third kappa shape index (κ3) is 2.47. The number of anilines is 1. The molecule has 1 amide bonds. The summed E-state index contributed by atoms with van der Waals surface area (Å²) in [6.07, 6.45) is 3.84. The molecule has 1 aliphatic rings. The minimum atomic E-state index is 0.0130. The predicted octanol–water partition coefficient (Wildman–Crippen LogP) is 2.23. The van der Waals surface area contributed by atoms with Crippen LogP contribution in [0.15, 0.2) is 12.3 Å². The molecule has 1 aromatic rings. The van der Waals surface area contributed by atoms with Crippen LogP contribution >= 0.6 is 0 Å². The number of amides is 1. The van der Waals surface area contributed by atoms with E-state index in [1.165, 1.54) is 6.42 Å². The van der Waals surface area contributed by atoms with Gasteiger partial charge in [-0.2, -0.15) is 0 Å². The van der Waals surface area contributed by atoms with Gasteiger partial charge < -0.3 is 10.6 Å². The Hall–Kier alpha value is -1.58. The van der Waals surface area contributed by atoms with Crippen molar-refractivity contribution in [2.45, 2.75) is 39.7 Å². The maximum absolute atomic E-state index is 12.5. The molecule has 1 aliphatic heterocycles. The molecule has 2 rings (SSSR count). The zero-order chi connectivity index (χ0) is 13.3. The van der Waals surface area contributed by atoms with E-state index >= 15 is 0 Å². The number of hydrogen-bond donors (Lipinski definition) is 1. The average Bonchev–Trinajstić information content (AvgIpc) is 2.31. The molecular formula is C14H21N3O. The van der Waals surface area contributed by atoms with Gasteiger partial charge in [0.2, 0.25) is 0 Å². The molecule has 98 valence electrons. The van der Waals surface area contributed by atoms with E-state index in [9.17, 15) is 4.79 Å². The van der Waals surface area contributed by atoms with Gasteiger partial charge in [-0.3, -0.25) is 9.78 Å². The summed E-state index contributed by atoms with van der Waals surface area (Å²) < 4.78 is 0. The predicted molar refractivity (Wildman–Crippen MR) is 72.3 cm³/mol. The fourth-order valence-corrected chi connectivity index (χ4v) is 2.49. The standard InChI is InChI=1S/C14H21N3O/c1-9-4-5-11(3)17(8-9)14(18)12-7-16-10(2)6-13(12)15/h6-7,9,11H,4-5,8H2,1-3H3,(H2,15,16). The minimum Gasteiger partial charge on any atom is -0.398 e.